The number of fused-ring (bicyclic) bond motifs is 1. The van der Waals surface area contributed by atoms with Crippen molar-refractivity contribution in [2.75, 3.05) is 13.9 Å². The lowest BCUT2D eigenvalue weighted by molar-refractivity contribution is 0.0590. The molecular weight excluding hydrogens is 191 g/mol. The number of halogens is 1. The summed E-state index contributed by atoms with van der Waals surface area (Å²) in [6.07, 6.45) is 0. The largest absolute Gasteiger partial charge is 0.465 e. The van der Waals surface area contributed by atoms with Crippen LogP contribution in [0.1, 0.15) is 10.4 Å². The van der Waals surface area contributed by atoms with Gasteiger partial charge in [0.15, 0.2) is 11.5 Å². The predicted molar refractivity (Wildman–Crippen MR) is 43.9 cm³/mol. The Morgan fingerprint density at radius 1 is 1.50 bits per heavy atom. The van der Waals surface area contributed by atoms with Crippen molar-refractivity contribution in [1.82, 2.24) is 0 Å². The Bertz CT molecular complexity index is 389. The zero-order valence-electron chi connectivity index (χ0n) is 7.37. The van der Waals surface area contributed by atoms with Crippen LogP contribution < -0.4 is 9.47 Å². The van der Waals surface area contributed by atoms with E-state index in [1.54, 1.807) is 0 Å². The molecule has 0 N–H and O–H groups in total. The Morgan fingerprint density at radius 2 is 2.29 bits per heavy atom. The molecule has 1 aromatic carbocycles. The molecule has 74 valence electrons. The van der Waals surface area contributed by atoms with Crippen molar-refractivity contribution in [3.05, 3.63) is 23.5 Å². The topological polar surface area (TPSA) is 44.8 Å². The first kappa shape index (κ1) is 8.80. The van der Waals surface area contributed by atoms with Crippen LogP contribution in [-0.2, 0) is 4.74 Å². The molecule has 1 heterocycles. The van der Waals surface area contributed by atoms with E-state index in [1.165, 1.54) is 13.2 Å². The molecule has 0 unspecified atom stereocenters. The van der Waals surface area contributed by atoms with Gasteiger partial charge in [0.05, 0.1) is 7.11 Å². The summed E-state index contributed by atoms with van der Waals surface area (Å²) in [7, 11) is 1.18. The Labute approximate surface area is 79.2 Å². The Hall–Kier alpha value is -1.78. The molecule has 0 spiro atoms. The second kappa shape index (κ2) is 3.17. The van der Waals surface area contributed by atoms with Crippen LogP contribution in [-0.4, -0.2) is 19.9 Å². The van der Waals surface area contributed by atoms with E-state index >= 15 is 0 Å². The summed E-state index contributed by atoms with van der Waals surface area (Å²) in [6, 6.07) is 2.55. The molecule has 2 rings (SSSR count). The van der Waals surface area contributed by atoms with Crippen molar-refractivity contribution in [3.63, 3.8) is 0 Å². The van der Waals surface area contributed by atoms with Crippen LogP contribution in [0, 0.1) is 5.82 Å². The van der Waals surface area contributed by atoms with E-state index in [9.17, 15) is 9.18 Å². The first-order chi connectivity index (χ1) is 6.74. The molecule has 0 bridgehead atoms. The summed E-state index contributed by atoms with van der Waals surface area (Å²) in [6.45, 7) is -0.0111. The van der Waals surface area contributed by atoms with Gasteiger partial charge >= 0.3 is 5.97 Å². The molecule has 5 heteroatoms. The second-order valence-corrected chi connectivity index (χ2v) is 2.65. The van der Waals surface area contributed by atoms with Crippen LogP contribution in [0.25, 0.3) is 0 Å². The van der Waals surface area contributed by atoms with Crippen molar-refractivity contribution < 1.29 is 23.4 Å². The number of benzene rings is 1. The number of hydrogen-bond donors (Lipinski definition) is 0. The van der Waals surface area contributed by atoms with Crippen molar-refractivity contribution >= 4 is 5.97 Å². The van der Waals surface area contributed by atoms with Crippen molar-refractivity contribution in [3.8, 4) is 11.5 Å². The third-order valence-electron chi connectivity index (χ3n) is 1.88. The Balaban J connectivity index is 2.57. The molecule has 4 nitrogen and oxygen atoms in total. The van der Waals surface area contributed by atoms with Gasteiger partial charge in [-0.3, -0.25) is 0 Å². The number of carbonyl (C=O) groups is 1. The molecule has 0 radical (unpaired) electrons. The summed E-state index contributed by atoms with van der Waals surface area (Å²) in [4.78, 5) is 11.2. The molecule has 0 aliphatic carbocycles. The normalized spacial score (nSPS) is 12.7. The van der Waals surface area contributed by atoms with Gasteiger partial charge in [-0.25, -0.2) is 9.18 Å². The summed E-state index contributed by atoms with van der Waals surface area (Å²) in [5.74, 6) is -0.991. The maximum atomic E-state index is 13.2. The lowest BCUT2D eigenvalue weighted by Crippen LogP contribution is -2.06. The van der Waals surface area contributed by atoms with Crippen LogP contribution in [0.5, 0.6) is 11.5 Å². The molecule has 0 saturated heterocycles. The first-order valence-electron chi connectivity index (χ1n) is 3.90. The number of hydrogen-bond acceptors (Lipinski definition) is 4. The molecule has 1 aromatic rings. The summed E-state index contributed by atoms with van der Waals surface area (Å²) in [5, 5.41) is 0. The van der Waals surface area contributed by atoms with E-state index in [4.69, 9.17) is 9.47 Å². The number of rotatable bonds is 1. The number of esters is 1. The molecule has 1 aliphatic rings. The number of carbonyl (C=O) groups excluding carboxylic acids is 1. The molecular formula is C9H7FO4. The minimum Gasteiger partial charge on any atom is -0.465 e. The van der Waals surface area contributed by atoms with E-state index < -0.39 is 11.8 Å². The Morgan fingerprint density at radius 3 is 3.00 bits per heavy atom. The number of ether oxygens (including phenoxy) is 3. The molecule has 0 fully saturated rings. The van der Waals surface area contributed by atoms with Crippen LogP contribution >= 0.6 is 0 Å². The SMILES string of the molecule is COC(=O)c1c(F)ccc2c1OCO2. The van der Waals surface area contributed by atoms with Crippen LogP contribution in [0.15, 0.2) is 12.1 Å². The van der Waals surface area contributed by atoms with E-state index in [0.717, 1.165) is 6.07 Å². The van der Waals surface area contributed by atoms with Crippen molar-refractivity contribution in [2.24, 2.45) is 0 Å². The van der Waals surface area contributed by atoms with Crippen LogP contribution in [0.4, 0.5) is 4.39 Å². The molecule has 0 saturated carbocycles. The standard InChI is InChI=1S/C9H7FO4/c1-12-9(11)7-5(10)2-3-6-8(7)14-4-13-6/h2-3H,4H2,1H3. The summed E-state index contributed by atoms with van der Waals surface area (Å²) < 4.78 is 27.6. The maximum Gasteiger partial charge on any atom is 0.344 e. The highest BCUT2D eigenvalue weighted by Crippen LogP contribution is 2.37. The van der Waals surface area contributed by atoms with Gasteiger partial charge in [-0.15, -0.1) is 0 Å². The summed E-state index contributed by atoms with van der Waals surface area (Å²) >= 11 is 0. The zero-order chi connectivity index (χ0) is 10.1. The monoisotopic (exact) mass is 198 g/mol. The zero-order valence-corrected chi connectivity index (χ0v) is 7.37. The molecule has 1 aliphatic heterocycles. The van der Waals surface area contributed by atoms with Gasteiger partial charge in [-0.05, 0) is 12.1 Å². The molecule has 0 amide bonds. The van der Waals surface area contributed by atoms with E-state index in [0.29, 0.717) is 5.75 Å². The average Bonchev–Trinajstić information content (AvgIpc) is 2.64. The average molecular weight is 198 g/mol. The maximum absolute atomic E-state index is 13.2. The minimum absolute atomic E-state index is 0.0111. The van der Waals surface area contributed by atoms with Crippen molar-refractivity contribution in [2.45, 2.75) is 0 Å². The third kappa shape index (κ3) is 1.17. The molecule has 14 heavy (non-hydrogen) atoms. The predicted octanol–water partition coefficient (Wildman–Crippen LogP) is 1.34. The molecule has 0 atom stereocenters. The van der Waals surface area contributed by atoms with Gasteiger partial charge in [0.25, 0.3) is 0 Å². The quantitative estimate of drug-likeness (QED) is 0.639. The number of methoxy groups -OCH3 is 1. The fraction of sp³-hybridized carbons (Fsp3) is 0.222. The highest BCUT2D eigenvalue weighted by atomic mass is 19.1. The van der Waals surface area contributed by atoms with E-state index in [-0.39, 0.29) is 18.1 Å². The summed E-state index contributed by atoms with van der Waals surface area (Å²) in [5.41, 5.74) is -0.220. The first-order valence-corrected chi connectivity index (χ1v) is 3.90. The van der Waals surface area contributed by atoms with E-state index in [1.807, 2.05) is 0 Å². The third-order valence-corrected chi connectivity index (χ3v) is 1.88. The van der Waals surface area contributed by atoms with Gasteiger partial charge in [0, 0.05) is 0 Å². The Kier molecular flexibility index (Phi) is 1.99. The van der Waals surface area contributed by atoms with Gasteiger partial charge in [-0.1, -0.05) is 0 Å². The van der Waals surface area contributed by atoms with Gasteiger partial charge in [0.2, 0.25) is 6.79 Å². The van der Waals surface area contributed by atoms with Gasteiger partial charge in [-0.2, -0.15) is 0 Å². The van der Waals surface area contributed by atoms with Crippen molar-refractivity contribution in [1.29, 1.82) is 0 Å². The fourth-order valence-electron chi connectivity index (χ4n) is 1.24. The minimum atomic E-state index is -0.773. The molecule has 0 aromatic heterocycles. The fourth-order valence-corrected chi connectivity index (χ4v) is 1.24. The second-order valence-electron chi connectivity index (χ2n) is 2.65. The highest BCUT2D eigenvalue weighted by Gasteiger charge is 2.26. The lowest BCUT2D eigenvalue weighted by Gasteiger charge is -2.04. The van der Waals surface area contributed by atoms with Crippen LogP contribution in [0.2, 0.25) is 0 Å². The van der Waals surface area contributed by atoms with Gasteiger partial charge < -0.3 is 14.2 Å². The van der Waals surface area contributed by atoms with Gasteiger partial charge in [0.1, 0.15) is 11.4 Å². The lowest BCUT2D eigenvalue weighted by atomic mass is 10.2. The highest BCUT2D eigenvalue weighted by molar-refractivity contribution is 5.94. The van der Waals surface area contributed by atoms with E-state index in [2.05, 4.69) is 4.74 Å². The van der Waals surface area contributed by atoms with Crippen LogP contribution in [0.3, 0.4) is 0 Å². The smallest absolute Gasteiger partial charge is 0.344 e.